The van der Waals surface area contributed by atoms with Crippen LogP contribution in [0.5, 0.6) is 5.75 Å². The molecule has 0 radical (unpaired) electrons. The lowest BCUT2D eigenvalue weighted by Gasteiger charge is -2.19. The summed E-state index contributed by atoms with van der Waals surface area (Å²) < 4.78 is 11.3. The Morgan fingerprint density at radius 1 is 1.05 bits per heavy atom. The van der Waals surface area contributed by atoms with Crippen molar-refractivity contribution in [3.05, 3.63) is 29.8 Å². The third kappa shape index (κ3) is 5.93. The molecule has 114 valence electrons. The zero-order chi connectivity index (χ0) is 14.6. The maximum absolute atomic E-state index is 5.92. The second-order valence-corrected chi connectivity index (χ2v) is 5.10. The number of para-hydroxylation sites is 1. The van der Waals surface area contributed by atoms with Crippen LogP contribution in [-0.2, 0) is 4.74 Å². The van der Waals surface area contributed by atoms with Gasteiger partial charge in [-0.25, -0.2) is 0 Å². The van der Waals surface area contributed by atoms with Crippen LogP contribution in [0.3, 0.4) is 0 Å². The number of ether oxygens (including phenoxy) is 2. The zero-order valence-electron chi connectivity index (χ0n) is 12.9. The fourth-order valence-electron chi connectivity index (χ4n) is 2.33. The number of benzene rings is 1. The Kier molecular flexibility index (Phi) is 9.09. The van der Waals surface area contributed by atoms with Crippen molar-refractivity contribution >= 4 is 0 Å². The first-order valence-corrected chi connectivity index (χ1v) is 7.78. The second kappa shape index (κ2) is 10.7. The molecule has 0 spiro atoms. The molecule has 1 unspecified atom stereocenters. The average Bonchev–Trinajstić information content (AvgIpc) is 2.50. The molecular formula is C17H29NO2. The van der Waals surface area contributed by atoms with E-state index in [0.717, 1.165) is 24.3 Å². The highest BCUT2D eigenvalue weighted by atomic mass is 16.5. The fourth-order valence-corrected chi connectivity index (χ4v) is 2.33. The van der Waals surface area contributed by atoms with Crippen molar-refractivity contribution in [1.82, 2.24) is 0 Å². The van der Waals surface area contributed by atoms with Crippen molar-refractivity contribution in [2.75, 3.05) is 20.3 Å². The molecule has 2 N–H and O–H groups in total. The number of hydrogen-bond donors (Lipinski definition) is 1. The molecule has 0 aliphatic heterocycles. The number of nitrogens with two attached hydrogens (primary N) is 1. The van der Waals surface area contributed by atoms with Gasteiger partial charge in [-0.05, 0) is 12.5 Å². The van der Waals surface area contributed by atoms with Gasteiger partial charge in [-0.1, -0.05) is 57.2 Å². The first-order chi connectivity index (χ1) is 9.83. The predicted octanol–water partition coefficient (Wildman–Crippen LogP) is 4.07. The number of methoxy groups -OCH3 is 1. The first-order valence-electron chi connectivity index (χ1n) is 7.78. The second-order valence-electron chi connectivity index (χ2n) is 5.10. The molecule has 0 amide bonds. The molecule has 1 atom stereocenters. The van der Waals surface area contributed by atoms with Crippen LogP contribution >= 0.6 is 0 Å². The summed E-state index contributed by atoms with van der Waals surface area (Å²) >= 11 is 0. The predicted molar refractivity (Wildman–Crippen MR) is 84.1 cm³/mol. The van der Waals surface area contributed by atoms with Gasteiger partial charge in [0.2, 0.25) is 0 Å². The molecule has 0 bridgehead atoms. The third-order valence-electron chi connectivity index (χ3n) is 3.52. The number of hydrogen-bond acceptors (Lipinski definition) is 3. The minimum Gasteiger partial charge on any atom is -0.496 e. The van der Waals surface area contributed by atoms with Crippen molar-refractivity contribution in [3.63, 3.8) is 0 Å². The quantitative estimate of drug-likeness (QED) is 0.621. The van der Waals surface area contributed by atoms with Gasteiger partial charge in [0.25, 0.3) is 0 Å². The molecule has 3 nitrogen and oxygen atoms in total. The van der Waals surface area contributed by atoms with Crippen molar-refractivity contribution in [1.29, 1.82) is 0 Å². The van der Waals surface area contributed by atoms with E-state index in [1.165, 1.54) is 32.1 Å². The zero-order valence-corrected chi connectivity index (χ0v) is 12.9. The summed E-state index contributed by atoms with van der Waals surface area (Å²) in [5.41, 5.74) is 6.87. The molecule has 1 aromatic carbocycles. The summed E-state index contributed by atoms with van der Waals surface area (Å²) in [6.07, 6.45) is 7.55. The van der Waals surface area contributed by atoms with Crippen LogP contribution in [0.15, 0.2) is 24.3 Å². The standard InChI is InChI=1S/C17H29NO2/c1-3-4-5-6-7-10-13-20-17(14-18)15-11-8-9-12-16(15)19-2/h8-9,11-12,17H,3-7,10,13-14,18H2,1-2H3. The van der Waals surface area contributed by atoms with Gasteiger partial charge in [-0.15, -0.1) is 0 Å². The lowest BCUT2D eigenvalue weighted by Crippen LogP contribution is -2.17. The largest absolute Gasteiger partial charge is 0.496 e. The third-order valence-corrected chi connectivity index (χ3v) is 3.52. The normalized spacial score (nSPS) is 12.3. The first kappa shape index (κ1) is 17.0. The van der Waals surface area contributed by atoms with Crippen molar-refractivity contribution in [3.8, 4) is 5.75 Å². The molecular weight excluding hydrogens is 250 g/mol. The van der Waals surface area contributed by atoms with Crippen molar-refractivity contribution in [2.24, 2.45) is 5.73 Å². The molecule has 0 aliphatic carbocycles. The van der Waals surface area contributed by atoms with E-state index in [-0.39, 0.29) is 6.10 Å². The highest BCUT2D eigenvalue weighted by Gasteiger charge is 2.14. The Balaban J connectivity index is 2.32. The lowest BCUT2D eigenvalue weighted by atomic mass is 10.1. The molecule has 0 aliphatic rings. The van der Waals surface area contributed by atoms with Crippen LogP contribution in [-0.4, -0.2) is 20.3 Å². The van der Waals surface area contributed by atoms with Crippen LogP contribution in [0.2, 0.25) is 0 Å². The van der Waals surface area contributed by atoms with Crippen molar-refractivity contribution < 1.29 is 9.47 Å². The van der Waals surface area contributed by atoms with E-state index < -0.39 is 0 Å². The minimum atomic E-state index is -0.0678. The van der Waals surface area contributed by atoms with E-state index in [1.807, 2.05) is 24.3 Å². The van der Waals surface area contributed by atoms with Gasteiger partial charge in [0.1, 0.15) is 5.75 Å². The number of unbranched alkanes of at least 4 members (excludes halogenated alkanes) is 5. The van der Waals surface area contributed by atoms with E-state index in [2.05, 4.69) is 6.92 Å². The Hall–Kier alpha value is -1.06. The molecule has 1 aromatic rings. The van der Waals surface area contributed by atoms with Gasteiger partial charge >= 0.3 is 0 Å². The van der Waals surface area contributed by atoms with E-state index in [4.69, 9.17) is 15.2 Å². The van der Waals surface area contributed by atoms with Crippen LogP contribution in [0.4, 0.5) is 0 Å². The summed E-state index contributed by atoms with van der Waals surface area (Å²) in [6, 6.07) is 7.93. The topological polar surface area (TPSA) is 44.5 Å². The Morgan fingerprint density at radius 3 is 2.45 bits per heavy atom. The summed E-state index contributed by atoms with van der Waals surface area (Å²) in [6.45, 7) is 3.49. The van der Waals surface area contributed by atoms with Gasteiger partial charge < -0.3 is 15.2 Å². The molecule has 0 heterocycles. The minimum absolute atomic E-state index is 0.0678. The van der Waals surface area contributed by atoms with Gasteiger partial charge in [0.05, 0.1) is 13.2 Å². The Morgan fingerprint density at radius 2 is 1.75 bits per heavy atom. The van der Waals surface area contributed by atoms with E-state index in [1.54, 1.807) is 7.11 Å². The van der Waals surface area contributed by atoms with Gasteiger partial charge in [0.15, 0.2) is 0 Å². The number of rotatable bonds is 11. The highest BCUT2D eigenvalue weighted by Crippen LogP contribution is 2.26. The molecule has 1 rings (SSSR count). The smallest absolute Gasteiger partial charge is 0.124 e. The van der Waals surface area contributed by atoms with E-state index >= 15 is 0 Å². The molecule has 0 fully saturated rings. The fraction of sp³-hybridized carbons (Fsp3) is 0.647. The molecule has 0 aromatic heterocycles. The van der Waals surface area contributed by atoms with Crippen LogP contribution in [0.1, 0.15) is 57.1 Å². The molecule has 0 saturated carbocycles. The van der Waals surface area contributed by atoms with Crippen LogP contribution < -0.4 is 10.5 Å². The Labute approximate surface area is 123 Å². The molecule has 20 heavy (non-hydrogen) atoms. The monoisotopic (exact) mass is 279 g/mol. The van der Waals surface area contributed by atoms with E-state index in [0.29, 0.717) is 6.54 Å². The maximum atomic E-state index is 5.92. The summed E-state index contributed by atoms with van der Waals surface area (Å²) in [5, 5.41) is 0. The van der Waals surface area contributed by atoms with Crippen molar-refractivity contribution in [2.45, 2.75) is 51.6 Å². The van der Waals surface area contributed by atoms with Gasteiger partial charge in [0, 0.05) is 18.7 Å². The lowest BCUT2D eigenvalue weighted by molar-refractivity contribution is 0.0541. The summed E-state index contributed by atoms with van der Waals surface area (Å²) in [7, 11) is 1.68. The van der Waals surface area contributed by atoms with Gasteiger partial charge in [-0.2, -0.15) is 0 Å². The van der Waals surface area contributed by atoms with Crippen LogP contribution in [0, 0.1) is 0 Å². The van der Waals surface area contributed by atoms with Gasteiger partial charge in [-0.3, -0.25) is 0 Å². The molecule has 3 heteroatoms. The average molecular weight is 279 g/mol. The summed E-state index contributed by atoms with van der Waals surface area (Å²) in [4.78, 5) is 0. The van der Waals surface area contributed by atoms with Crippen LogP contribution in [0.25, 0.3) is 0 Å². The Bertz CT molecular complexity index is 355. The highest BCUT2D eigenvalue weighted by molar-refractivity contribution is 5.35. The molecule has 0 saturated heterocycles. The van der Waals surface area contributed by atoms with E-state index in [9.17, 15) is 0 Å². The SMILES string of the molecule is CCCCCCCCOC(CN)c1ccccc1OC. The maximum Gasteiger partial charge on any atom is 0.124 e. The summed E-state index contributed by atoms with van der Waals surface area (Å²) in [5.74, 6) is 0.853.